The number of likely N-dealkylation sites (tertiary alicyclic amines) is 1. The zero-order valence-corrected chi connectivity index (χ0v) is 16.5. The number of nitrogens with zero attached hydrogens (tertiary/aromatic N) is 6. The van der Waals surface area contributed by atoms with Crippen LogP contribution in [0.3, 0.4) is 0 Å². The topological polar surface area (TPSA) is 71.8 Å². The van der Waals surface area contributed by atoms with Crippen molar-refractivity contribution in [2.45, 2.75) is 31.7 Å². The molecule has 0 atom stereocenters. The highest BCUT2D eigenvalue weighted by Crippen LogP contribution is 2.27. The monoisotopic (exact) mass is 377 g/mol. The summed E-state index contributed by atoms with van der Waals surface area (Å²) in [6.07, 6.45) is 7.59. The SMILES string of the molecule is CNc1ncc(-c2nc(CCc3ccccc3)nn2C2CCN(C)CC2)cn1. The Morgan fingerprint density at radius 1 is 1.04 bits per heavy atom. The largest absolute Gasteiger partial charge is 0.357 e. The van der Waals surface area contributed by atoms with Gasteiger partial charge < -0.3 is 10.2 Å². The Kier molecular flexibility index (Phi) is 5.62. The standard InChI is InChI=1S/C21H27N7/c1-22-21-23-14-17(15-24-21)20-25-19(9-8-16-6-4-3-5-7-16)26-28(20)18-10-12-27(2)13-11-18/h3-7,14-15,18H,8-13H2,1-2H3,(H,22,23,24). The molecule has 7 heteroatoms. The molecule has 146 valence electrons. The fraction of sp³-hybridized carbons (Fsp3) is 0.429. The van der Waals surface area contributed by atoms with Crippen LogP contribution in [-0.2, 0) is 12.8 Å². The maximum Gasteiger partial charge on any atom is 0.222 e. The number of aryl methyl sites for hydroxylation is 2. The molecular formula is C21H27N7. The minimum atomic E-state index is 0.369. The van der Waals surface area contributed by atoms with Crippen molar-refractivity contribution in [1.29, 1.82) is 0 Å². The van der Waals surface area contributed by atoms with Gasteiger partial charge in [-0.15, -0.1) is 0 Å². The molecule has 1 aliphatic heterocycles. The number of piperidine rings is 1. The molecule has 4 rings (SSSR count). The van der Waals surface area contributed by atoms with Crippen LogP contribution in [0, 0.1) is 0 Å². The third-order valence-electron chi connectivity index (χ3n) is 5.32. The first-order chi connectivity index (χ1) is 13.7. The molecule has 3 heterocycles. The summed E-state index contributed by atoms with van der Waals surface area (Å²) in [4.78, 5) is 16.0. The van der Waals surface area contributed by atoms with Gasteiger partial charge in [0.05, 0.1) is 11.6 Å². The molecule has 1 N–H and O–H groups in total. The van der Waals surface area contributed by atoms with Crippen LogP contribution in [0.25, 0.3) is 11.4 Å². The molecule has 28 heavy (non-hydrogen) atoms. The van der Waals surface area contributed by atoms with Gasteiger partial charge in [-0.3, -0.25) is 0 Å². The van der Waals surface area contributed by atoms with Crippen molar-refractivity contribution in [1.82, 2.24) is 29.6 Å². The lowest BCUT2D eigenvalue weighted by Gasteiger charge is -2.29. The van der Waals surface area contributed by atoms with Gasteiger partial charge in [-0.2, -0.15) is 5.10 Å². The van der Waals surface area contributed by atoms with E-state index in [1.54, 1.807) is 0 Å². The summed E-state index contributed by atoms with van der Waals surface area (Å²) < 4.78 is 2.12. The average Bonchev–Trinajstić information content (AvgIpc) is 3.18. The number of aromatic nitrogens is 5. The van der Waals surface area contributed by atoms with Crippen LogP contribution < -0.4 is 5.32 Å². The smallest absolute Gasteiger partial charge is 0.222 e. The van der Waals surface area contributed by atoms with Crippen LogP contribution in [0.5, 0.6) is 0 Å². The summed E-state index contributed by atoms with van der Waals surface area (Å²) in [7, 11) is 3.99. The van der Waals surface area contributed by atoms with Crippen molar-refractivity contribution >= 4 is 5.95 Å². The summed E-state index contributed by atoms with van der Waals surface area (Å²) >= 11 is 0. The number of hydrogen-bond donors (Lipinski definition) is 1. The number of rotatable bonds is 6. The van der Waals surface area contributed by atoms with Gasteiger partial charge in [0, 0.05) is 25.9 Å². The fourth-order valence-electron chi connectivity index (χ4n) is 3.64. The fourth-order valence-corrected chi connectivity index (χ4v) is 3.64. The minimum Gasteiger partial charge on any atom is -0.357 e. The Morgan fingerprint density at radius 2 is 1.75 bits per heavy atom. The Bertz CT molecular complexity index is 881. The molecule has 0 bridgehead atoms. The second-order valence-corrected chi connectivity index (χ2v) is 7.36. The van der Waals surface area contributed by atoms with Crippen molar-refractivity contribution in [2.24, 2.45) is 0 Å². The van der Waals surface area contributed by atoms with Gasteiger partial charge in [0.1, 0.15) is 0 Å². The molecule has 0 amide bonds. The highest BCUT2D eigenvalue weighted by molar-refractivity contribution is 5.53. The zero-order valence-electron chi connectivity index (χ0n) is 16.5. The van der Waals surface area contributed by atoms with Crippen LogP contribution in [-0.4, -0.2) is 56.8 Å². The Morgan fingerprint density at radius 3 is 2.43 bits per heavy atom. The van der Waals surface area contributed by atoms with Crippen LogP contribution in [0.2, 0.25) is 0 Å². The van der Waals surface area contributed by atoms with Gasteiger partial charge >= 0.3 is 0 Å². The lowest BCUT2D eigenvalue weighted by Crippen LogP contribution is -2.32. The van der Waals surface area contributed by atoms with E-state index >= 15 is 0 Å². The van der Waals surface area contributed by atoms with E-state index < -0.39 is 0 Å². The molecule has 0 radical (unpaired) electrons. The predicted octanol–water partition coefficient (Wildman–Crippen LogP) is 2.83. The first kappa shape index (κ1) is 18.6. The second-order valence-electron chi connectivity index (χ2n) is 7.36. The van der Waals surface area contributed by atoms with Crippen molar-refractivity contribution in [3.05, 3.63) is 54.1 Å². The molecule has 1 saturated heterocycles. The summed E-state index contributed by atoms with van der Waals surface area (Å²) in [5, 5.41) is 7.87. The summed E-state index contributed by atoms with van der Waals surface area (Å²) in [6.45, 7) is 2.16. The maximum atomic E-state index is 4.91. The van der Waals surface area contributed by atoms with Gasteiger partial charge in [-0.1, -0.05) is 30.3 Å². The summed E-state index contributed by atoms with van der Waals surface area (Å²) in [5.41, 5.74) is 2.22. The van der Waals surface area contributed by atoms with Gasteiger partial charge in [-0.25, -0.2) is 19.6 Å². The molecule has 1 fully saturated rings. The van der Waals surface area contributed by atoms with E-state index in [1.807, 2.05) is 25.5 Å². The quantitative estimate of drug-likeness (QED) is 0.712. The molecule has 3 aromatic rings. The molecule has 0 spiro atoms. The van der Waals surface area contributed by atoms with Gasteiger partial charge in [0.25, 0.3) is 0 Å². The van der Waals surface area contributed by atoms with Crippen molar-refractivity contribution in [2.75, 3.05) is 32.5 Å². The Labute approximate surface area is 165 Å². The lowest BCUT2D eigenvalue weighted by atomic mass is 10.1. The van der Waals surface area contributed by atoms with E-state index in [0.717, 1.165) is 56.0 Å². The van der Waals surface area contributed by atoms with Crippen LogP contribution in [0.4, 0.5) is 5.95 Å². The average molecular weight is 377 g/mol. The van der Waals surface area contributed by atoms with Crippen LogP contribution in [0.1, 0.15) is 30.3 Å². The highest BCUT2D eigenvalue weighted by Gasteiger charge is 2.24. The molecule has 0 aliphatic carbocycles. The Hall–Kier alpha value is -2.80. The van der Waals surface area contributed by atoms with E-state index in [9.17, 15) is 0 Å². The molecule has 1 aromatic carbocycles. The first-order valence-corrected chi connectivity index (χ1v) is 9.91. The van der Waals surface area contributed by atoms with E-state index in [0.29, 0.717) is 12.0 Å². The number of nitrogens with one attached hydrogen (secondary N) is 1. The molecule has 0 unspecified atom stereocenters. The first-order valence-electron chi connectivity index (χ1n) is 9.91. The number of hydrogen-bond acceptors (Lipinski definition) is 6. The van der Waals surface area contributed by atoms with Crippen molar-refractivity contribution in [3.8, 4) is 11.4 Å². The molecule has 7 nitrogen and oxygen atoms in total. The molecular weight excluding hydrogens is 350 g/mol. The van der Waals surface area contributed by atoms with Crippen LogP contribution in [0.15, 0.2) is 42.7 Å². The normalized spacial score (nSPS) is 15.6. The number of anilines is 1. The van der Waals surface area contributed by atoms with E-state index in [1.165, 1.54) is 5.56 Å². The Balaban J connectivity index is 1.60. The third kappa shape index (κ3) is 4.20. The highest BCUT2D eigenvalue weighted by atomic mass is 15.4. The van der Waals surface area contributed by atoms with Crippen molar-refractivity contribution < 1.29 is 0 Å². The van der Waals surface area contributed by atoms with Gasteiger partial charge in [-0.05, 0) is 45.0 Å². The maximum absolute atomic E-state index is 4.91. The molecule has 1 aliphatic rings. The zero-order chi connectivity index (χ0) is 19.3. The van der Waals surface area contributed by atoms with E-state index in [2.05, 4.69) is 56.2 Å². The lowest BCUT2D eigenvalue weighted by molar-refractivity contribution is 0.213. The second kappa shape index (κ2) is 8.48. The molecule has 0 saturated carbocycles. The molecule has 2 aromatic heterocycles. The van der Waals surface area contributed by atoms with E-state index in [-0.39, 0.29) is 0 Å². The minimum absolute atomic E-state index is 0.369. The van der Waals surface area contributed by atoms with Gasteiger partial charge in [0.2, 0.25) is 5.95 Å². The summed E-state index contributed by atoms with van der Waals surface area (Å²) in [6, 6.07) is 10.9. The third-order valence-corrected chi connectivity index (χ3v) is 5.32. The number of benzene rings is 1. The summed E-state index contributed by atoms with van der Waals surface area (Å²) in [5.74, 6) is 2.37. The predicted molar refractivity (Wildman–Crippen MR) is 110 cm³/mol. The van der Waals surface area contributed by atoms with Crippen LogP contribution >= 0.6 is 0 Å². The van der Waals surface area contributed by atoms with E-state index in [4.69, 9.17) is 10.1 Å². The van der Waals surface area contributed by atoms with Gasteiger partial charge in [0.15, 0.2) is 11.6 Å². The van der Waals surface area contributed by atoms with Crippen molar-refractivity contribution in [3.63, 3.8) is 0 Å².